The molecule has 2 aromatic rings. The zero-order valence-corrected chi connectivity index (χ0v) is 11.0. The van der Waals surface area contributed by atoms with Crippen LogP contribution in [0.1, 0.15) is 15.9 Å². The molecule has 0 radical (unpaired) electrons. The normalized spacial score (nSPS) is 10.3. The molecule has 0 aliphatic rings. The molecule has 0 aliphatic carbocycles. The number of nitrogens with one attached hydrogen (secondary N) is 1. The fourth-order valence-corrected chi connectivity index (χ4v) is 1.88. The summed E-state index contributed by atoms with van der Waals surface area (Å²) in [4.78, 5) is 12.1. The average molecular weight is 279 g/mol. The van der Waals surface area contributed by atoms with E-state index in [1.807, 2.05) is 0 Å². The molecule has 3 nitrogen and oxygen atoms in total. The second kappa shape index (κ2) is 5.28. The van der Waals surface area contributed by atoms with Crippen molar-refractivity contribution >= 4 is 28.9 Å². The number of nitrogen functional groups attached to an aromatic ring is 1. The van der Waals surface area contributed by atoms with Gasteiger partial charge in [0.15, 0.2) is 0 Å². The van der Waals surface area contributed by atoms with Gasteiger partial charge in [0.25, 0.3) is 5.91 Å². The van der Waals surface area contributed by atoms with Crippen LogP contribution in [-0.2, 0) is 0 Å². The summed E-state index contributed by atoms with van der Waals surface area (Å²) in [6.45, 7) is 1.81. The molecule has 0 heterocycles. The predicted molar refractivity (Wildman–Crippen MR) is 75.0 cm³/mol. The molecule has 0 aromatic heterocycles. The Morgan fingerprint density at radius 1 is 1.26 bits per heavy atom. The maximum absolute atomic E-state index is 12.9. The summed E-state index contributed by atoms with van der Waals surface area (Å²) in [6.07, 6.45) is 0. The number of hydrogen-bond acceptors (Lipinski definition) is 2. The number of carbonyl (C=O) groups is 1. The maximum atomic E-state index is 12.9. The number of anilines is 2. The van der Waals surface area contributed by atoms with E-state index in [1.54, 1.807) is 25.1 Å². The standard InChI is InChI=1S/C14H12ClFN2O/c1-8-2-4-10(17)7-11(8)14(19)18-13-5-3-9(16)6-12(13)15/h2-7H,17H2,1H3,(H,18,19). The SMILES string of the molecule is Cc1ccc(N)cc1C(=O)Nc1ccc(F)cc1Cl. The summed E-state index contributed by atoms with van der Waals surface area (Å²) < 4.78 is 12.9. The third-order valence-electron chi connectivity index (χ3n) is 2.69. The highest BCUT2D eigenvalue weighted by Gasteiger charge is 2.11. The first-order chi connectivity index (χ1) is 8.97. The molecule has 19 heavy (non-hydrogen) atoms. The highest BCUT2D eigenvalue weighted by molar-refractivity contribution is 6.33. The van der Waals surface area contributed by atoms with Crippen molar-refractivity contribution in [1.82, 2.24) is 0 Å². The molecule has 0 atom stereocenters. The number of benzene rings is 2. The van der Waals surface area contributed by atoms with Crippen molar-refractivity contribution in [3.8, 4) is 0 Å². The zero-order chi connectivity index (χ0) is 14.0. The molecule has 5 heteroatoms. The predicted octanol–water partition coefficient (Wildman–Crippen LogP) is 3.62. The van der Waals surface area contributed by atoms with E-state index in [2.05, 4.69) is 5.32 Å². The van der Waals surface area contributed by atoms with Gasteiger partial charge in [-0.2, -0.15) is 0 Å². The van der Waals surface area contributed by atoms with Crippen LogP contribution in [0.5, 0.6) is 0 Å². The van der Waals surface area contributed by atoms with Gasteiger partial charge in [-0.05, 0) is 42.8 Å². The molecule has 0 saturated heterocycles. The highest BCUT2D eigenvalue weighted by Crippen LogP contribution is 2.23. The molecule has 2 aromatic carbocycles. The van der Waals surface area contributed by atoms with Crippen LogP contribution >= 0.6 is 11.6 Å². The second-order valence-electron chi connectivity index (χ2n) is 4.15. The second-order valence-corrected chi connectivity index (χ2v) is 4.56. The first-order valence-electron chi connectivity index (χ1n) is 5.60. The molecule has 0 saturated carbocycles. The quantitative estimate of drug-likeness (QED) is 0.824. The lowest BCUT2D eigenvalue weighted by atomic mass is 10.1. The summed E-state index contributed by atoms with van der Waals surface area (Å²) in [5, 5.41) is 2.78. The first kappa shape index (κ1) is 13.4. The summed E-state index contributed by atoms with van der Waals surface area (Å²) in [6, 6.07) is 8.85. The summed E-state index contributed by atoms with van der Waals surface area (Å²) in [5.74, 6) is -0.790. The van der Waals surface area contributed by atoms with Gasteiger partial charge < -0.3 is 11.1 Å². The first-order valence-corrected chi connectivity index (χ1v) is 5.97. The van der Waals surface area contributed by atoms with Crippen molar-refractivity contribution in [1.29, 1.82) is 0 Å². The molecule has 1 amide bonds. The highest BCUT2D eigenvalue weighted by atomic mass is 35.5. The van der Waals surface area contributed by atoms with E-state index in [-0.39, 0.29) is 10.9 Å². The van der Waals surface area contributed by atoms with Crippen LogP contribution in [0.15, 0.2) is 36.4 Å². The largest absolute Gasteiger partial charge is 0.399 e. The van der Waals surface area contributed by atoms with E-state index in [0.29, 0.717) is 16.9 Å². The minimum absolute atomic E-state index is 0.148. The molecule has 2 rings (SSSR count). The van der Waals surface area contributed by atoms with Gasteiger partial charge in [-0.25, -0.2) is 4.39 Å². The van der Waals surface area contributed by atoms with Crippen molar-refractivity contribution in [2.24, 2.45) is 0 Å². The van der Waals surface area contributed by atoms with Gasteiger partial charge in [-0.1, -0.05) is 17.7 Å². The number of carbonyl (C=O) groups excluding carboxylic acids is 1. The van der Waals surface area contributed by atoms with Gasteiger partial charge in [0.1, 0.15) is 5.82 Å². The molecule has 0 aliphatic heterocycles. The van der Waals surface area contributed by atoms with Gasteiger partial charge in [0.2, 0.25) is 0 Å². The van der Waals surface area contributed by atoms with E-state index >= 15 is 0 Å². The Labute approximate surface area is 115 Å². The van der Waals surface area contributed by atoms with Crippen molar-refractivity contribution in [3.05, 3.63) is 58.4 Å². The number of halogens is 2. The molecular weight excluding hydrogens is 267 g/mol. The molecule has 0 fully saturated rings. The lowest BCUT2D eigenvalue weighted by Gasteiger charge is -2.09. The lowest BCUT2D eigenvalue weighted by molar-refractivity contribution is 0.102. The fraction of sp³-hybridized carbons (Fsp3) is 0.0714. The van der Waals surface area contributed by atoms with Crippen LogP contribution in [0.3, 0.4) is 0 Å². The van der Waals surface area contributed by atoms with Crippen molar-refractivity contribution in [2.75, 3.05) is 11.1 Å². The Morgan fingerprint density at radius 2 is 2.00 bits per heavy atom. The smallest absolute Gasteiger partial charge is 0.256 e. The van der Waals surface area contributed by atoms with Crippen molar-refractivity contribution in [2.45, 2.75) is 6.92 Å². The topological polar surface area (TPSA) is 55.1 Å². The van der Waals surface area contributed by atoms with Gasteiger partial charge in [-0.15, -0.1) is 0 Å². The molecule has 0 spiro atoms. The molecule has 3 N–H and O–H groups in total. The Hall–Kier alpha value is -2.07. The average Bonchev–Trinajstić information content (AvgIpc) is 2.35. The summed E-state index contributed by atoms with van der Waals surface area (Å²) in [7, 11) is 0. The van der Waals surface area contributed by atoms with E-state index < -0.39 is 5.82 Å². The maximum Gasteiger partial charge on any atom is 0.256 e. The number of hydrogen-bond donors (Lipinski definition) is 2. The third-order valence-corrected chi connectivity index (χ3v) is 3.00. The number of amides is 1. The van der Waals surface area contributed by atoms with Crippen LogP contribution in [0.4, 0.5) is 15.8 Å². The van der Waals surface area contributed by atoms with Gasteiger partial charge in [-0.3, -0.25) is 4.79 Å². The molecule has 0 unspecified atom stereocenters. The molecule has 98 valence electrons. The van der Waals surface area contributed by atoms with E-state index in [1.165, 1.54) is 12.1 Å². The Morgan fingerprint density at radius 3 is 2.68 bits per heavy atom. The monoisotopic (exact) mass is 278 g/mol. The molecule has 0 bridgehead atoms. The van der Waals surface area contributed by atoms with Crippen LogP contribution < -0.4 is 11.1 Å². The van der Waals surface area contributed by atoms with Crippen molar-refractivity contribution < 1.29 is 9.18 Å². The summed E-state index contributed by atoms with van der Waals surface area (Å²) >= 11 is 5.85. The number of nitrogens with two attached hydrogens (primary N) is 1. The Balaban J connectivity index is 2.28. The van der Waals surface area contributed by atoms with Gasteiger partial charge in [0, 0.05) is 11.3 Å². The zero-order valence-electron chi connectivity index (χ0n) is 10.2. The van der Waals surface area contributed by atoms with E-state index in [9.17, 15) is 9.18 Å². The minimum Gasteiger partial charge on any atom is -0.399 e. The lowest BCUT2D eigenvalue weighted by Crippen LogP contribution is -2.14. The number of aryl methyl sites for hydroxylation is 1. The Kier molecular flexibility index (Phi) is 3.71. The Bertz CT molecular complexity index is 643. The van der Waals surface area contributed by atoms with Crippen LogP contribution in [0.25, 0.3) is 0 Å². The van der Waals surface area contributed by atoms with E-state index in [0.717, 1.165) is 11.6 Å². The van der Waals surface area contributed by atoms with Crippen LogP contribution in [0, 0.1) is 12.7 Å². The van der Waals surface area contributed by atoms with Gasteiger partial charge in [0.05, 0.1) is 10.7 Å². The third kappa shape index (κ3) is 3.03. The molecular formula is C14H12ClFN2O. The van der Waals surface area contributed by atoms with Gasteiger partial charge >= 0.3 is 0 Å². The van der Waals surface area contributed by atoms with Crippen LogP contribution in [0.2, 0.25) is 5.02 Å². The van der Waals surface area contributed by atoms with Crippen LogP contribution in [-0.4, -0.2) is 5.91 Å². The summed E-state index contributed by atoms with van der Waals surface area (Å²) in [5.41, 5.74) is 7.76. The van der Waals surface area contributed by atoms with E-state index in [4.69, 9.17) is 17.3 Å². The fourth-order valence-electron chi connectivity index (χ4n) is 1.66. The van der Waals surface area contributed by atoms with Crippen molar-refractivity contribution in [3.63, 3.8) is 0 Å². The minimum atomic E-state index is -0.455. The number of rotatable bonds is 2.